The third-order valence-electron chi connectivity index (χ3n) is 4.46. The van der Waals surface area contributed by atoms with Crippen LogP contribution in [0, 0.1) is 11.3 Å². The summed E-state index contributed by atoms with van der Waals surface area (Å²) in [4.78, 5) is 27.4. The van der Waals surface area contributed by atoms with Gasteiger partial charge in [0.2, 0.25) is 0 Å². The first-order valence-electron chi connectivity index (χ1n) is 8.82. The summed E-state index contributed by atoms with van der Waals surface area (Å²) in [7, 11) is 0. The molecule has 7 nitrogen and oxygen atoms in total. The van der Waals surface area contributed by atoms with Gasteiger partial charge in [0.15, 0.2) is 0 Å². The van der Waals surface area contributed by atoms with E-state index in [0.717, 1.165) is 31.7 Å². The van der Waals surface area contributed by atoms with Crippen LogP contribution in [-0.2, 0) is 0 Å². The molecule has 0 unspecified atom stereocenters. The second kappa shape index (κ2) is 7.91. The van der Waals surface area contributed by atoms with Gasteiger partial charge in [-0.1, -0.05) is 13.8 Å². The molecule has 0 spiro atoms. The van der Waals surface area contributed by atoms with Crippen molar-refractivity contribution in [1.82, 2.24) is 20.3 Å². The molecule has 1 fully saturated rings. The number of nitrogens with zero attached hydrogens (tertiary/aromatic N) is 5. The van der Waals surface area contributed by atoms with Gasteiger partial charge in [-0.3, -0.25) is 4.79 Å². The van der Waals surface area contributed by atoms with Crippen molar-refractivity contribution in [3.8, 4) is 6.07 Å². The largest absolute Gasteiger partial charge is 0.355 e. The summed E-state index contributed by atoms with van der Waals surface area (Å²) in [6.07, 6.45) is 4.93. The molecule has 134 valence electrons. The molecule has 3 heterocycles. The molecular weight excluding hydrogens is 328 g/mol. The summed E-state index contributed by atoms with van der Waals surface area (Å²) < 4.78 is 0. The van der Waals surface area contributed by atoms with E-state index in [1.807, 2.05) is 13.8 Å². The maximum atomic E-state index is 12.5. The van der Waals surface area contributed by atoms with Crippen LogP contribution in [0.25, 0.3) is 0 Å². The van der Waals surface area contributed by atoms with Crippen LogP contribution in [0.5, 0.6) is 0 Å². The highest BCUT2D eigenvalue weighted by Gasteiger charge is 2.24. The van der Waals surface area contributed by atoms with Gasteiger partial charge in [-0.25, -0.2) is 15.0 Å². The number of hydrogen-bond acceptors (Lipinski definition) is 6. The van der Waals surface area contributed by atoms with Crippen LogP contribution in [0.4, 0.5) is 5.82 Å². The maximum absolute atomic E-state index is 12.5. The van der Waals surface area contributed by atoms with Crippen molar-refractivity contribution in [2.24, 2.45) is 0 Å². The van der Waals surface area contributed by atoms with Crippen molar-refractivity contribution < 1.29 is 4.79 Å². The summed E-state index contributed by atoms with van der Waals surface area (Å²) in [5.41, 5.74) is 0.986. The van der Waals surface area contributed by atoms with E-state index in [9.17, 15) is 10.1 Å². The molecule has 26 heavy (non-hydrogen) atoms. The molecule has 1 aliphatic heterocycles. The van der Waals surface area contributed by atoms with Gasteiger partial charge in [-0.05, 0) is 31.0 Å². The van der Waals surface area contributed by atoms with Crippen LogP contribution in [-0.4, -0.2) is 40.0 Å². The quantitative estimate of drug-likeness (QED) is 0.909. The van der Waals surface area contributed by atoms with Gasteiger partial charge in [-0.2, -0.15) is 5.26 Å². The number of piperidine rings is 1. The zero-order valence-electron chi connectivity index (χ0n) is 15.0. The van der Waals surface area contributed by atoms with E-state index in [2.05, 4.69) is 31.2 Å². The van der Waals surface area contributed by atoms with Gasteiger partial charge in [0, 0.05) is 37.4 Å². The molecule has 2 aromatic heterocycles. The number of anilines is 1. The number of pyridine rings is 1. The fourth-order valence-corrected chi connectivity index (χ4v) is 3.01. The second-order valence-corrected chi connectivity index (χ2v) is 6.68. The number of nitrogens with one attached hydrogen (secondary N) is 1. The second-order valence-electron chi connectivity index (χ2n) is 6.68. The minimum Gasteiger partial charge on any atom is -0.355 e. The summed E-state index contributed by atoms with van der Waals surface area (Å²) in [5.74, 6) is 1.41. The summed E-state index contributed by atoms with van der Waals surface area (Å²) in [6.45, 7) is 5.50. The molecule has 2 aromatic rings. The Hall–Kier alpha value is -3.01. The Balaban J connectivity index is 1.60. The molecular formula is C19H22N6O. The molecule has 1 aliphatic rings. The summed E-state index contributed by atoms with van der Waals surface area (Å²) >= 11 is 0. The lowest BCUT2D eigenvalue weighted by atomic mass is 10.0. The fraction of sp³-hybridized carbons (Fsp3) is 0.421. The number of aromatic nitrogens is 3. The van der Waals surface area contributed by atoms with E-state index < -0.39 is 0 Å². The first-order chi connectivity index (χ1) is 12.6. The van der Waals surface area contributed by atoms with Gasteiger partial charge in [0.1, 0.15) is 23.4 Å². The third kappa shape index (κ3) is 3.97. The van der Waals surface area contributed by atoms with Crippen molar-refractivity contribution in [2.45, 2.75) is 38.6 Å². The van der Waals surface area contributed by atoms with Crippen molar-refractivity contribution in [3.05, 3.63) is 47.7 Å². The normalized spacial score (nSPS) is 14.9. The zero-order valence-corrected chi connectivity index (χ0v) is 15.0. The molecule has 0 atom stereocenters. The van der Waals surface area contributed by atoms with Crippen LogP contribution in [0.3, 0.4) is 0 Å². The SMILES string of the molecule is CC(C)c1nccc(C(=O)NC2CCN(c3ncccc3C#N)CC2)n1. The predicted octanol–water partition coefficient (Wildman–Crippen LogP) is 2.27. The molecule has 0 radical (unpaired) electrons. The third-order valence-corrected chi connectivity index (χ3v) is 4.46. The molecule has 1 N–H and O–H groups in total. The van der Waals surface area contributed by atoms with Gasteiger partial charge in [0.05, 0.1) is 5.56 Å². The number of rotatable bonds is 4. The monoisotopic (exact) mass is 350 g/mol. The number of amides is 1. The Kier molecular flexibility index (Phi) is 5.42. The standard InChI is InChI=1S/C19H22N6O/c1-13(2)17-21-9-5-16(24-17)19(26)23-15-6-10-25(11-7-15)18-14(12-20)4-3-8-22-18/h3-5,8-9,13,15H,6-7,10-11H2,1-2H3,(H,23,26). The Morgan fingerprint density at radius 3 is 2.73 bits per heavy atom. The highest BCUT2D eigenvalue weighted by atomic mass is 16.1. The molecule has 7 heteroatoms. The summed E-state index contributed by atoms with van der Waals surface area (Å²) in [5, 5.41) is 12.3. The Bertz CT molecular complexity index is 821. The van der Waals surface area contributed by atoms with Crippen molar-refractivity contribution in [1.29, 1.82) is 5.26 Å². The van der Waals surface area contributed by atoms with Crippen molar-refractivity contribution in [2.75, 3.05) is 18.0 Å². The van der Waals surface area contributed by atoms with Crippen LogP contribution in [0.2, 0.25) is 0 Å². The average Bonchev–Trinajstić information content (AvgIpc) is 2.68. The van der Waals surface area contributed by atoms with Gasteiger partial charge in [-0.15, -0.1) is 0 Å². The first-order valence-corrected chi connectivity index (χ1v) is 8.82. The van der Waals surface area contributed by atoms with Gasteiger partial charge in [0.25, 0.3) is 5.91 Å². The minimum atomic E-state index is -0.164. The Morgan fingerprint density at radius 1 is 1.27 bits per heavy atom. The highest BCUT2D eigenvalue weighted by molar-refractivity contribution is 5.92. The summed E-state index contributed by atoms with van der Waals surface area (Å²) in [6, 6.07) is 7.46. The van der Waals surface area contributed by atoms with Crippen LogP contribution in [0.15, 0.2) is 30.6 Å². The lowest BCUT2D eigenvalue weighted by molar-refractivity contribution is 0.0925. The Morgan fingerprint density at radius 2 is 2.04 bits per heavy atom. The average molecular weight is 350 g/mol. The van der Waals surface area contributed by atoms with E-state index in [-0.39, 0.29) is 17.9 Å². The predicted molar refractivity (Wildman–Crippen MR) is 97.8 cm³/mol. The van der Waals surface area contributed by atoms with Crippen LogP contribution in [0.1, 0.15) is 54.5 Å². The fourth-order valence-electron chi connectivity index (χ4n) is 3.01. The van der Waals surface area contributed by atoms with E-state index in [1.54, 1.807) is 30.6 Å². The molecule has 1 amide bonds. The van der Waals surface area contributed by atoms with E-state index in [0.29, 0.717) is 17.1 Å². The van der Waals surface area contributed by atoms with Crippen LogP contribution >= 0.6 is 0 Å². The molecule has 0 aromatic carbocycles. The van der Waals surface area contributed by atoms with Crippen molar-refractivity contribution in [3.63, 3.8) is 0 Å². The van der Waals surface area contributed by atoms with E-state index in [4.69, 9.17) is 0 Å². The number of carbonyl (C=O) groups excluding carboxylic acids is 1. The molecule has 1 saturated heterocycles. The van der Waals surface area contributed by atoms with Crippen LogP contribution < -0.4 is 10.2 Å². The topological polar surface area (TPSA) is 94.8 Å². The zero-order chi connectivity index (χ0) is 18.5. The van der Waals surface area contributed by atoms with Crippen molar-refractivity contribution >= 4 is 11.7 Å². The molecule has 0 aliphatic carbocycles. The number of hydrogen-bond donors (Lipinski definition) is 1. The smallest absolute Gasteiger partial charge is 0.270 e. The molecule has 0 saturated carbocycles. The van der Waals surface area contributed by atoms with Gasteiger partial charge < -0.3 is 10.2 Å². The highest BCUT2D eigenvalue weighted by Crippen LogP contribution is 2.21. The number of nitriles is 1. The lowest BCUT2D eigenvalue weighted by Crippen LogP contribution is -2.45. The first kappa shape index (κ1) is 17.8. The van der Waals surface area contributed by atoms with Gasteiger partial charge >= 0.3 is 0 Å². The van der Waals surface area contributed by atoms with E-state index in [1.165, 1.54) is 0 Å². The number of carbonyl (C=O) groups is 1. The minimum absolute atomic E-state index is 0.0884. The molecule has 3 rings (SSSR count). The lowest BCUT2D eigenvalue weighted by Gasteiger charge is -2.33. The molecule has 0 bridgehead atoms. The Labute approximate surface area is 153 Å². The maximum Gasteiger partial charge on any atom is 0.270 e. The van der Waals surface area contributed by atoms with E-state index >= 15 is 0 Å².